The Hall–Kier alpha value is -3.74. The Labute approximate surface area is 300 Å². The van der Waals surface area contributed by atoms with E-state index in [0.717, 1.165) is 35.6 Å². The summed E-state index contributed by atoms with van der Waals surface area (Å²) in [4.78, 5) is 61.7. The summed E-state index contributed by atoms with van der Waals surface area (Å²) in [6.45, 7) is 7.89. The number of Topliss-reactive ketones (excluding diaryl/α,β-unsaturated/α-hetero) is 1. The molecule has 5 atom stereocenters. The molecular weight excluding hydrogens is 674 g/mol. The number of nitrogens with zero attached hydrogens (tertiary/aromatic N) is 2. The number of rotatable bonds is 8. The van der Waals surface area contributed by atoms with E-state index in [1.165, 1.54) is 4.90 Å². The van der Waals surface area contributed by atoms with E-state index in [-0.39, 0.29) is 50.0 Å². The van der Waals surface area contributed by atoms with Crippen molar-refractivity contribution in [3.05, 3.63) is 30.0 Å². The minimum Gasteiger partial charge on any atom is -0.496 e. The van der Waals surface area contributed by atoms with Gasteiger partial charge in [-0.1, -0.05) is 34.1 Å². The Morgan fingerprint density at radius 1 is 1.12 bits per heavy atom. The molecule has 1 saturated heterocycles. The van der Waals surface area contributed by atoms with Crippen molar-refractivity contribution in [1.29, 1.82) is 0 Å². The fourth-order valence-electron chi connectivity index (χ4n) is 7.87. The van der Waals surface area contributed by atoms with Gasteiger partial charge in [0.25, 0.3) is 0 Å². The van der Waals surface area contributed by atoms with Crippen LogP contribution in [0.4, 0.5) is 0 Å². The smallest absolute Gasteiger partial charge is 0.306 e. The van der Waals surface area contributed by atoms with Crippen molar-refractivity contribution in [2.45, 2.75) is 116 Å². The fraction of sp³-hybridized carbons (Fsp3) is 0.658. The zero-order chi connectivity index (χ0) is 36.7. The summed E-state index contributed by atoms with van der Waals surface area (Å²) in [5, 5.41) is 1.01. The zero-order valence-corrected chi connectivity index (χ0v) is 31.2. The largest absolute Gasteiger partial charge is 0.496 e. The van der Waals surface area contributed by atoms with Crippen molar-refractivity contribution >= 4 is 44.4 Å². The van der Waals surface area contributed by atoms with Crippen molar-refractivity contribution < 1.29 is 41.8 Å². The number of carbonyl (C=O) groups is 4. The number of methoxy groups -OCH3 is 1. The van der Waals surface area contributed by atoms with Crippen LogP contribution in [-0.2, 0) is 40.4 Å². The van der Waals surface area contributed by atoms with E-state index < -0.39 is 56.0 Å². The molecule has 0 radical (unpaired) electrons. The van der Waals surface area contributed by atoms with Crippen LogP contribution in [0.2, 0.25) is 0 Å². The van der Waals surface area contributed by atoms with Crippen molar-refractivity contribution in [1.82, 2.24) is 14.6 Å². The Bertz CT molecular complexity index is 1800. The highest BCUT2D eigenvalue weighted by molar-refractivity contribution is 7.90. The number of amides is 2. The van der Waals surface area contributed by atoms with E-state index in [9.17, 15) is 27.6 Å². The second-order valence-corrected chi connectivity index (χ2v) is 17.9. The highest BCUT2D eigenvalue weighted by atomic mass is 32.2. The van der Waals surface area contributed by atoms with Crippen LogP contribution >= 0.6 is 0 Å². The lowest BCUT2D eigenvalue weighted by atomic mass is 9.77. The van der Waals surface area contributed by atoms with Crippen molar-refractivity contribution in [3.8, 4) is 11.6 Å². The molecule has 6 rings (SSSR count). The molecule has 2 aromatic rings. The van der Waals surface area contributed by atoms with Crippen molar-refractivity contribution in [2.75, 3.05) is 20.3 Å². The standard InChI is InChI=1S/C38H51N3O9S/c1-6-24-20-38(24,36(45)40-51(46,47)26-11-12-26)21-31(42)30-18-25-22-41(30)35(44)29(37(2,3)4)19-33(43)49-15-9-7-8-10-23-16-28-27(32(17-23)48-5)13-14-39-34(28)50-25/h13-14,16-17,24-26,29-30H,6-12,15,18-22H2,1-5H3,(H,40,45)/t24-,25+,29+,30-,38+/m0/s1. The first-order chi connectivity index (χ1) is 24.2. The van der Waals surface area contributed by atoms with Crippen LogP contribution in [0.1, 0.15) is 97.5 Å². The maximum Gasteiger partial charge on any atom is 0.306 e. The van der Waals surface area contributed by atoms with Crippen LogP contribution in [0.3, 0.4) is 0 Å². The maximum atomic E-state index is 14.5. The number of ether oxygens (including phenoxy) is 3. The van der Waals surface area contributed by atoms with Gasteiger partial charge in [0.05, 0.1) is 49.3 Å². The quantitative estimate of drug-likeness (QED) is 0.371. The highest BCUT2D eigenvalue weighted by Gasteiger charge is 2.62. The molecule has 278 valence electrons. The molecule has 2 aliphatic heterocycles. The van der Waals surface area contributed by atoms with Crippen molar-refractivity contribution in [3.63, 3.8) is 0 Å². The molecule has 12 nitrogen and oxygen atoms in total. The average molecular weight is 726 g/mol. The number of carbonyl (C=O) groups excluding carboxylic acids is 4. The average Bonchev–Trinajstić information content (AvgIpc) is 4.00. The second-order valence-electron chi connectivity index (χ2n) is 15.9. The van der Waals surface area contributed by atoms with Gasteiger partial charge in [0.2, 0.25) is 27.7 Å². The zero-order valence-electron chi connectivity index (χ0n) is 30.4. The van der Waals surface area contributed by atoms with Gasteiger partial charge in [-0.25, -0.2) is 13.4 Å². The van der Waals surface area contributed by atoms with Gasteiger partial charge in [-0.2, -0.15) is 0 Å². The number of pyridine rings is 1. The first kappa shape index (κ1) is 37.0. The van der Waals surface area contributed by atoms with Gasteiger partial charge in [-0.3, -0.25) is 23.9 Å². The molecule has 4 bridgehead atoms. The third-order valence-electron chi connectivity index (χ3n) is 11.2. The molecule has 2 saturated carbocycles. The summed E-state index contributed by atoms with van der Waals surface area (Å²) in [5.41, 5.74) is -0.761. The minimum atomic E-state index is -3.81. The topological polar surface area (TPSA) is 158 Å². The van der Waals surface area contributed by atoms with Crippen LogP contribution in [-0.4, -0.2) is 79.5 Å². The van der Waals surface area contributed by atoms with Crippen LogP contribution in [0.5, 0.6) is 11.6 Å². The van der Waals surface area contributed by atoms with Crippen molar-refractivity contribution in [2.24, 2.45) is 22.7 Å². The molecule has 51 heavy (non-hydrogen) atoms. The Balaban J connectivity index is 1.34. The lowest BCUT2D eigenvalue weighted by Gasteiger charge is -2.34. The molecule has 2 aliphatic carbocycles. The van der Waals surface area contributed by atoms with E-state index >= 15 is 0 Å². The van der Waals surface area contributed by atoms with Crippen LogP contribution in [0.25, 0.3) is 10.8 Å². The number of ketones is 1. The van der Waals surface area contributed by atoms with E-state index in [2.05, 4.69) is 9.71 Å². The van der Waals surface area contributed by atoms with Crippen LogP contribution in [0, 0.1) is 22.7 Å². The molecule has 1 N–H and O–H groups in total. The molecular formula is C38H51N3O9S. The predicted molar refractivity (Wildman–Crippen MR) is 189 cm³/mol. The van der Waals surface area contributed by atoms with Gasteiger partial charge < -0.3 is 19.1 Å². The number of cyclic esters (lactones) is 1. The molecule has 0 spiro atoms. The molecule has 13 heteroatoms. The van der Waals surface area contributed by atoms with E-state index in [0.29, 0.717) is 43.7 Å². The molecule has 1 aromatic heterocycles. The Morgan fingerprint density at radius 2 is 1.88 bits per heavy atom. The van der Waals surface area contributed by atoms with E-state index in [1.807, 2.05) is 45.9 Å². The number of fused-ring (bicyclic) bond motifs is 3. The second kappa shape index (κ2) is 14.4. The summed E-state index contributed by atoms with van der Waals surface area (Å²) in [5.74, 6) is -1.70. The number of hydrogen-bond acceptors (Lipinski definition) is 10. The van der Waals surface area contributed by atoms with Gasteiger partial charge >= 0.3 is 5.97 Å². The molecule has 1 aromatic carbocycles. The molecule has 3 fully saturated rings. The van der Waals surface area contributed by atoms with E-state index in [1.54, 1.807) is 13.3 Å². The number of aryl methyl sites for hydroxylation is 1. The number of sulfonamides is 1. The lowest BCUT2D eigenvalue weighted by molar-refractivity contribution is -0.153. The molecule has 2 amide bonds. The first-order valence-corrected chi connectivity index (χ1v) is 19.9. The lowest BCUT2D eigenvalue weighted by Crippen LogP contribution is -2.48. The van der Waals surface area contributed by atoms with E-state index in [4.69, 9.17) is 14.2 Å². The number of aromatic nitrogens is 1. The number of benzene rings is 1. The maximum absolute atomic E-state index is 14.5. The van der Waals surface area contributed by atoms with Crippen LogP contribution < -0.4 is 14.2 Å². The highest BCUT2D eigenvalue weighted by Crippen LogP contribution is 2.58. The third-order valence-corrected chi connectivity index (χ3v) is 13.1. The van der Waals surface area contributed by atoms with Gasteiger partial charge in [0.1, 0.15) is 11.9 Å². The number of esters is 1. The number of hydrogen-bond donors (Lipinski definition) is 1. The fourth-order valence-corrected chi connectivity index (χ4v) is 9.26. The first-order valence-electron chi connectivity index (χ1n) is 18.3. The number of nitrogens with one attached hydrogen (secondary N) is 1. The van der Waals surface area contributed by atoms with Gasteiger partial charge in [0.15, 0.2) is 5.78 Å². The summed E-state index contributed by atoms with van der Waals surface area (Å²) < 4.78 is 45.6. The summed E-state index contributed by atoms with van der Waals surface area (Å²) in [6, 6.07) is 4.96. The van der Waals surface area contributed by atoms with Gasteiger partial charge in [-0.05, 0) is 80.0 Å². The SMILES string of the molecule is CC[C@H]1C[C@]1(CC(=O)[C@@H]1C[C@@H]2CN1C(=O)[C@H](C(C)(C)C)CC(=O)OCCCCCc1cc(OC)c3ccnc(c3c1)O2)C(=O)NS(=O)(=O)C1CC1. The molecule has 3 heterocycles. The summed E-state index contributed by atoms with van der Waals surface area (Å²) in [7, 11) is -2.19. The monoisotopic (exact) mass is 725 g/mol. The predicted octanol–water partition coefficient (Wildman–Crippen LogP) is 4.90. The molecule has 4 aliphatic rings. The van der Waals surface area contributed by atoms with Gasteiger partial charge in [-0.15, -0.1) is 0 Å². The summed E-state index contributed by atoms with van der Waals surface area (Å²) in [6.07, 6.45) is 6.02. The third kappa shape index (κ3) is 7.88. The minimum absolute atomic E-state index is 0.0677. The summed E-state index contributed by atoms with van der Waals surface area (Å²) >= 11 is 0. The Morgan fingerprint density at radius 3 is 2.55 bits per heavy atom. The van der Waals surface area contributed by atoms with Crippen LogP contribution in [0.15, 0.2) is 24.4 Å². The molecule has 0 unspecified atom stereocenters. The normalized spacial score (nSPS) is 27.7. The van der Waals surface area contributed by atoms with Gasteiger partial charge in [0, 0.05) is 29.8 Å². The Kier molecular flexibility index (Phi) is 10.4.